The van der Waals surface area contributed by atoms with Gasteiger partial charge in [0, 0.05) is 22.2 Å². The highest BCUT2D eigenvalue weighted by Gasteiger charge is 2.47. The van der Waals surface area contributed by atoms with Crippen molar-refractivity contribution < 1.29 is 9.90 Å². The number of hydrogen-bond acceptors (Lipinski definition) is 2. The molecule has 0 radical (unpaired) electrons. The minimum atomic E-state index is -0.349. The molecule has 2 atom stereocenters. The van der Waals surface area contributed by atoms with Crippen molar-refractivity contribution in [3.05, 3.63) is 29.3 Å². The van der Waals surface area contributed by atoms with Gasteiger partial charge in [0.2, 0.25) is 0 Å². The summed E-state index contributed by atoms with van der Waals surface area (Å²) in [5.74, 6) is 0. The Morgan fingerprint density at radius 3 is 2.50 bits per heavy atom. The molecule has 0 aromatic heterocycles. The molecule has 0 saturated heterocycles. The maximum Gasteiger partial charge on any atom is 0.319 e. The molecule has 2 unspecified atom stereocenters. The predicted octanol–water partition coefficient (Wildman–Crippen LogP) is 2.62. The highest BCUT2D eigenvalue weighted by molar-refractivity contribution is 6.30. The van der Waals surface area contributed by atoms with Crippen molar-refractivity contribution in [3.8, 4) is 0 Å². The summed E-state index contributed by atoms with van der Waals surface area (Å²) in [4.78, 5) is 11.8. The lowest BCUT2D eigenvalue weighted by Crippen LogP contribution is -2.61. The van der Waals surface area contributed by atoms with Crippen LogP contribution >= 0.6 is 11.6 Å². The summed E-state index contributed by atoms with van der Waals surface area (Å²) in [6.45, 7) is 3.88. The van der Waals surface area contributed by atoms with Crippen LogP contribution in [0.2, 0.25) is 5.02 Å². The van der Waals surface area contributed by atoms with Gasteiger partial charge < -0.3 is 15.7 Å². The van der Waals surface area contributed by atoms with Gasteiger partial charge in [0.15, 0.2) is 0 Å². The number of nitrogens with one attached hydrogen (secondary N) is 2. The number of anilines is 1. The second-order valence-corrected chi connectivity index (χ2v) is 5.67. The summed E-state index contributed by atoms with van der Waals surface area (Å²) in [6, 6.07) is 6.65. The van der Waals surface area contributed by atoms with Crippen LogP contribution in [0.1, 0.15) is 20.3 Å². The molecule has 1 saturated carbocycles. The lowest BCUT2D eigenvalue weighted by Gasteiger charge is -2.49. The molecule has 0 bridgehead atoms. The zero-order valence-corrected chi connectivity index (χ0v) is 11.2. The van der Waals surface area contributed by atoms with Crippen molar-refractivity contribution in [2.75, 3.05) is 5.32 Å². The molecule has 1 aliphatic carbocycles. The minimum Gasteiger partial charge on any atom is -0.392 e. The van der Waals surface area contributed by atoms with Gasteiger partial charge in [-0.2, -0.15) is 0 Å². The number of carbonyl (C=O) groups is 1. The molecule has 1 aliphatic rings. The fraction of sp³-hybridized carbons (Fsp3) is 0.462. The van der Waals surface area contributed by atoms with Crippen molar-refractivity contribution in [1.82, 2.24) is 5.32 Å². The van der Waals surface area contributed by atoms with Gasteiger partial charge >= 0.3 is 6.03 Å². The van der Waals surface area contributed by atoms with Crippen LogP contribution in [0.3, 0.4) is 0 Å². The van der Waals surface area contributed by atoms with Gasteiger partial charge in [0.1, 0.15) is 0 Å². The van der Waals surface area contributed by atoms with E-state index in [1.807, 2.05) is 13.8 Å². The SMILES string of the molecule is CC1(C)C(O)CC1NC(=O)Nc1ccc(Cl)cc1. The number of carbonyl (C=O) groups excluding carboxylic acids is 1. The topological polar surface area (TPSA) is 61.4 Å². The summed E-state index contributed by atoms with van der Waals surface area (Å²) >= 11 is 5.76. The van der Waals surface area contributed by atoms with Gasteiger partial charge in [-0.05, 0) is 30.7 Å². The summed E-state index contributed by atoms with van der Waals surface area (Å²) in [5.41, 5.74) is 0.423. The predicted molar refractivity (Wildman–Crippen MR) is 71.8 cm³/mol. The summed E-state index contributed by atoms with van der Waals surface area (Å²) in [5, 5.41) is 15.8. The van der Waals surface area contributed by atoms with Crippen LogP contribution in [0.25, 0.3) is 0 Å². The van der Waals surface area contributed by atoms with Gasteiger partial charge in [-0.15, -0.1) is 0 Å². The Kier molecular flexibility index (Phi) is 3.50. The zero-order chi connectivity index (χ0) is 13.3. The van der Waals surface area contributed by atoms with Gasteiger partial charge in [-0.1, -0.05) is 25.4 Å². The van der Waals surface area contributed by atoms with E-state index in [4.69, 9.17) is 11.6 Å². The van der Waals surface area contributed by atoms with Gasteiger partial charge in [0.25, 0.3) is 0 Å². The van der Waals surface area contributed by atoms with E-state index in [1.165, 1.54) is 0 Å². The molecule has 1 aromatic carbocycles. The number of aliphatic hydroxyl groups is 1. The summed E-state index contributed by atoms with van der Waals surface area (Å²) < 4.78 is 0. The fourth-order valence-corrected chi connectivity index (χ4v) is 2.13. The molecule has 1 aromatic rings. The van der Waals surface area contributed by atoms with E-state index >= 15 is 0 Å². The number of amides is 2. The fourth-order valence-electron chi connectivity index (χ4n) is 2.01. The molecule has 3 N–H and O–H groups in total. The minimum absolute atomic E-state index is 0.000185. The Morgan fingerprint density at radius 2 is 2.00 bits per heavy atom. The van der Waals surface area contributed by atoms with E-state index < -0.39 is 0 Å². The van der Waals surface area contributed by atoms with Gasteiger partial charge in [-0.3, -0.25) is 0 Å². The van der Waals surface area contributed by atoms with E-state index in [-0.39, 0.29) is 23.6 Å². The van der Waals surface area contributed by atoms with Gasteiger partial charge in [0.05, 0.1) is 6.10 Å². The average molecular weight is 269 g/mol. The number of halogens is 1. The Hall–Kier alpha value is -1.26. The molecular weight excluding hydrogens is 252 g/mol. The monoisotopic (exact) mass is 268 g/mol. The number of aliphatic hydroxyl groups excluding tert-OH is 1. The first-order valence-corrected chi connectivity index (χ1v) is 6.28. The number of rotatable bonds is 2. The molecule has 4 nitrogen and oxygen atoms in total. The molecule has 98 valence electrons. The molecule has 0 aliphatic heterocycles. The van der Waals surface area contributed by atoms with E-state index in [9.17, 15) is 9.90 Å². The smallest absolute Gasteiger partial charge is 0.319 e. The quantitative estimate of drug-likeness (QED) is 0.772. The Morgan fingerprint density at radius 1 is 1.39 bits per heavy atom. The van der Waals surface area contributed by atoms with Crippen molar-refractivity contribution in [2.24, 2.45) is 5.41 Å². The third kappa shape index (κ3) is 2.60. The third-order valence-corrected chi connectivity index (χ3v) is 3.88. The Labute approximate surface area is 111 Å². The van der Waals surface area contributed by atoms with Crippen molar-refractivity contribution >= 4 is 23.3 Å². The highest BCUT2D eigenvalue weighted by atomic mass is 35.5. The standard InChI is InChI=1S/C13H17ClN2O2/c1-13(2)10(7-11(13)17)16-12(18)15-9-5-3-8(14)4-6-9/h3-6,10-11,17H,7H2,1-2H3,(H2,15,16,18). The van der Waals surface area contributed by atoms with Crippen LogP contribution in [0.5, 0.6) is 0 Å². The normalized spacial score (nSPS) is 25.1. The highest BCUT2D eigenvalue weighted by Crippen LogP contribution is 2.40. The second kappa shape index (κ2) is 4.78. The maximum absolute atomic E-state index is 11.8. The van der Waals surface area contributed by atoms with Crippen LogP contribution < -0.4 is 10.6 Å². The van der Waals surface area contributed by atoms with Crippen molar-refractivity contribution in [1.29, 1.82) is 0 Å². The molecule has 2 rings (SSSR count). The van der Waals surface area contributed by atoms with E-state index in [1.54, 1.807) is 24.3 Å². The van der Waals surface area contributed by atoms with Crippen LogP contribution in [0.15, 0.2) is 24.3 Å². The first-order chi connectivity index (χ1) is 8.39. The summed E-state index contributed by atoms with van der Waals surface area (Å²) in [6.07, 6.45) is 0.249. The van der Waals surface area contributed by atoms with Crippen molar-refractivity contribution in [3.63, 3.8) is 0 Å². The average Bonchev–Trinajstić information content (AvgIpc) is 2.32. The maximum atomic E-state index is 11.8. The molecule has 5 heteroatoms. The number of hydrogen-bond donors (Lipinski definition) is 3. The second-order valence-electron chi connectivity index (χ2n) is 5.23. The lowest BCUT2D eigenvalue weighted by molar-refractivity contribution is -0.0673. The summed E-state index contributed by atoms with van der Waals surface area (Å²) in [7, 11) is 0. The molecule has 18 heavy (non-hydrogen) atoms. The van der Waals surface area contributed by atoms with E-state index in [0.29, 0.717) is 17.1 Å². The van der Waals surface area contributed by atoms with Gasteiger partial charge in [-0.25, -0.2) is 4.79 Å². The molecule has 0 heterocycles. The molecule has 2 amide bonds. The first-order valence-electron chi connectivity index (χ1n) is 5.91. The van der Waals surface area contributed by atoms with E-state index in [2.05, 4.69) is 10.6 Å². The Balaban J connectivity index is 1.88. The molecule has 0 spiro atoms. The molecular formula is C13H17ClN2O2. The first kappa shape index (κ1) is 13.2. The van der Waals surface area contributed by atoms with Crippen LogP contribution in [-0.2, 0) is 0 Å². The van der Waals surface area contributed by atoms with Crippen LogP contribution in [-0.4, -0.2) is 23.3 Å². The third-order valence-electron chi connectivity index (χ3n) is 3.62. The number of benzene rings is 1. The number of urea groups is 1. The van der Waals surface area contributed by atoms with Crippen LogP contribution in [0.4, 0.5) is 10.5 Å². The Bertz CT molecular complexity index is 445. The lowest BCUT2D eigenvalue weighted by atomic mass is 9.65. The largest absolute Gasteiger partial charge is 0.392 e. The van der Waals surface area contributed by atoms with E-state index in [0.717, 1.165) is 0 Å². The van der Waals surface area contributed by atoms with Crippen LogP contribution in [0, 0.1) is 5.41 Å². The zero-order valence-electron chi connectivity index (χ0n) is 10.4. The van der Waals surface area contributed by atoms with Crippen molar-refractivity contribution in [2.45, 2.75) is 32.4 Å². The molecule has 1 fully saturated rings.